The van der Waals surface area contributed by atoms with Crippen LogP contribution in [0.1, 0.15) is 58.3 Å². The molecule has 2 heterocycles. The zero-order valence-electron chi connectivity index (χ0n) is 15.0. The molecule has 4 heteroatoms. The Balaban J connectivity index is 1.24. The third kappa shape index (κ3) is 5.42. The number of rotatable bonds is 7. The SMILES string of the molecule is CC1CCCCC1N1CCC(NCCCOC2CCOC2)CC1. The average molecular weight is 325 g/mol. The van der Waals surface area contributed by atoms with Crippen molar-refractivity contribution in [2.24, 2.45) is 5.92 Å². The summed E-state index contributed by atoms with van der Waals surface area (Å²) in [6.45, 7) is 8.69. The van der Waals surface area contributed by atoms with Gasteiger partial charge in [0.25, 0.3) is 0 Å². The Morgan fingerprint density at radius 3 is 2.65 bits per heavy atom. The van der Waals surface area contributed by atoms with E-state index >= 15 is 0 Å². The zero-order chi connectivity index (χ0) is 15.9. The molecule has 2 saturated heterocycles. The second kappa shape index (κ2) is 9.36. The maximum Gasteiger partial charge on any atom is 0.0830 e. The number of likely N-dealkylation sites (tertiary alicyclic amines) is 1. The topological polar surface area (TPSA) is 33.7 Å². The van der Waals surface area contributed by atoms with E-state index in [1.807, 2.05) is 0 Å². The van der Waals surface area contributed by atoms with Crippen LogP contribution in [0.2, 0.25) is 0 Å². The largest absolute Gasteiger partial charge is 0.379 e. The zero-order valence-corrected chi connectivity index (χ0v) is 15.0. The van der Waals surface area contributed by atoms with E-state index < -0.39 is 0 Å². The van der Waals surface area contributed by atoms with Crippen molar-refractivity contribution in [1.29, 1.82) is 0 Å². The van der Waals surface area contributed by atoms with Crippen LogP contribution in [0.5, 0.6) is 0 Å². The molecule has 0 bridgehead atoms. The van der Waals surface area contributed by atoms with Crippen LogP contribution in [-0.4, -0.2) is 62.5 Å². The van der Waals surface area contributed by atoms with Crippen LogP contribution in [-0.2, 0) is 9.47 Å². The van der Waals surface area contributed by atoms with Gasteiger partial charge in [0.1, 0.15) is 0 Å². The molecule has 3 aliphatic rings. The molecule has 134 valence electrons. The molecule has 3 fully saturated rings. The minimum atomic E-state index is 0.357. The Labute approximate surface area is 142 Å². The van der Waals surface area contributed by atoms with E-state index in [1.165, 1.54) is 51.6 Å². The summed E-state index contributed by atoms with van der Waals surface area (Å²) in [5.41, 5.74) is 0. The van der Waals surface area contributed by atoms with Crippen molar-refractivity contribution in [1.82, 2.24) is 10.2 Å². The molecule has 3 atom stereocenters. The van der Waals surface area contributed by atoms with Crippen LogP contribution >= 0.6 is 0 Å². The van der Waals surface area contributed by atoms with E-state index in [4.69, 9.17) is 9.47 Å². The standard InChI is InChI=1S/C19H36N2O2/c1-16-5-2-3-6-19(16)21-11-7-17(8-12-21)20-10-4-13-23-18-9-14-22-15-18/h16-20H,2-15H2,1H3. The average Bonchev–Trinajstić information content (AvgIpc) is 3.09. The number of hydrogen-bond acceptors (Lipinski definition) is 4. The molecule has 2 aliphatic heterocycles. The first-order valence-electron chi connectivity index (χ1n) is 9.99. The van der Waals surface area contributed by atoms with E-state index in [2.05, 4.69) is 17.1 Å². The summed E-state index contributed by atoms with van der Waals surface area (Å²) in [6, 6.07) is 1.59. The molecule has 1 N–H and O–H groups in total. The minimum absolute atomic E-state index is 0.357. The van der Waals surface area contributed by atoms with Crippen molar-refractivity contribution in [2.75, 3.05) is 39.5 Å². The lowest BCUT2D eigenvalue weighted by Gasteiger charge is -2.42. The Morgan fingerprint density at radius 1 is 1.09 bits per heavy atom. The highest BCUT2D eigenvalue weighted by Gasteiger charge is 2.29. The molecule has 0 amide bonds. The molecule has 0 aromatic heterocycles. The fourth-order valence-corrected chi connectivity index (χ4v) is 4.55. The second-order valence-electron chi connectivity index (χ2n) is 7.80. The lowest BCUT2D eigenvalue weighted by Crippen LogP contribution is -2.49. The first-order chi connectivity index (χ1) is 11.3. The molecule has 1 aliphatic carbocycles. The fraction of sp³-hybridized carbons (Fsp3) is 1.00. The maximum absolute atomic E-state index is 5.83. The molecule has 0 aromatic rings. The highest BCUT2D eigenvalue weighted by Crippen LogP contribution is 2.29. The summed E-state index contributed by atoms with van der Waals surface area (Å²) in [4.78, 5) is 2.78. The van der Waals surface area contributed by atoms with Gasteiger partial charge in [-0.1, -0.05) is 19.8 Å². The minimum Gasteiger partial charge on any atom is -0.379 e. The van der Waals surface area contributed by atoms with E-state index in [0.717, 1.165) is 57.2 Å². The van der Waals surface area contributed by atoms with Crippen LogP contribution in [0.4, 0.5) is 0 Å². The summed E-state index contributed by atoms with van der Waals surface area (Å²) in [5.74, 6) is 0.907. The van der Waals surface area contributed by atoms with Crippen LogP contribution in [0.25, 0.3) is 0 Å². The van der Waals surface area contributed by atoms with Crippen molar-refractivity contribution in [3.05, 3.63) is 0 Å². The maximum atomic E-state index is 5.83. The summed E-state index contributed by atoms with van der Waals surface area (Å²) < 4.78 is 11.2. The number of hydrogen-bond donors (Lipinski definition) is 1. The van der Waals surface area contributed by atoms with Gasteiger partial charge in [-0.05, 0) is 64.1 Å². The lowest BCUT2D eigenvalue weighted by molar-refractivity contribution is 0.0406. The van der Waals surface area contributed by atoms with Gasteiger partial charge in [0.05, 0.1) is 12.7 Å². The quantitative estimate of drug-likeness (QED) is 0.730. The summed E-state index contributed by atoms with van der Waals surface area (Å²) in [7, 11) is 0. The molecule has 23 heavy (non-hydrogen) atoms. The molecule has 3 unspecified atom stereocenters. The Bertz CT molecular complexity index is 325. The molecular weight excluding hydrogens is 288 g/mol. The van der Waals surface area contributed by atoms with Crippen molar-refractivity contribution in [3.63, 3.8) is 0 Å². The van der Waals surface area contributed by atoms with Crippen molar-refractivity contribution >= 4 is 0 Å². The predicted molar refractivity (Wildman–Crippen MR) is 93.8 cm³/mol. The smallest absolute Gasteiger partial charge is 0.0830 e. The molecule has 0 aromatic carbocycles. The molecule has 4 nitrogen and oxygen atoms in total. The Morgan fingerprint density at radius 2 is 1.91 bits per heavy atom. The Kier molecular flexibility index (Phi) is 7.18. The van der Waals surface area contributed by atoms with Crippen LogP contribution in [0.15, 0.2) is 0 Å². The highest BCUT2D eigenvalue weighted by atomic mass is 16.5. The summed E-state index contributed by atoms with van der Waals surface area (Å²) in [6.07, 6.45) is 11.0. The van der Waals surface area contributed by atoms with Gasteiger partial charge in [0.15, 0.2) is 0 Å². The molecule has 0 spiro atoms. The summed E-state index contributed by atoms with van der Waals surface area (Å²) in [5, 5.41) is 3.74. The van der Waals surface area contributed by atoms with Gasteiger partial charge in [-0.3, -0.25) is 0 Å². The number of nitrogens with one attached hydrogen (secondary N) is 1. The van der Waals surface area contributed by atoms with Gasteiger partial charge in [0, 0.05) is 25.3 Å². The van der Waals surface area contributed by atoms with Crippen LogP contribution in [0.3, 0.4) is 0 Å². The van der Waals surface area contributed by atoms with Crippen molar-refractivity contribution in [3.8, 4) is 0 Å². The monoisotopic (exact) mass is 324 g/mol. The normalized spacial score (nSPS) is 34.0. The van der Waals surface area contributed by atoms with Gasteiger partial charge in [-0.15, -0.1) is 0 Å². The molecule has 3 rings (SSSR count). The van der Waals surface area contributed by atoms with Crippen molar-refractivity contribution in [2.45, 2.75) is 76.5 Å². The van der Waals surface area contributed by atoms with Gasteiger partial charge in [0.2, 0.25) is 0 Å². The molecular formula is C19H36N2O2. The van der Waals surface area contributed by atoms with E-state index in [9.17, 15) is 0 Å². The molecule has 0 radical (unpaired) electrons. The number of ether oxygens (including phenoxy) is 2. The number of nitrogens with zero attached hydrogens (tertiary/aromatic N) is 1. The fourth-order valence-electron chi connectivity index (χ4n) is 4.55. The van der Waals surface area contributed by atoms with Gasteiger partial charge < -0.3 is 19.7 Å². The highest BCUT2D eigenvalue weighted by molar-refractivity contribution is 4.86. The van der Waals surface area contributed by atoms with E-state index in [0.29, 0.717) is 6.10 Å². The first kappa shape index (κ1) is 17.7. The third-order valence-corrected chi connectivity index (χ3v) is 6.06. The summed E-state index contributed by atoms with van der Waals surface area (Å²) >= 11 is 0. The van der Waals surface area contributed by atoms with Gasteiger partial charge in [-0.2, -0.15) is 0 Å². The molecule has 1 saturated carbocycles. The lowest BCUT2D eigenvalue weighted by atomic mass is 9.84. The van der Waals surface area contributed by atoms with E-state index in [1.54, 1.807) is 0 Å². The predicted octanol–water partition coefficient (Wildman–Crippen LogP) is 2.81. The van der Waals surface area contributed by atoms with Crippen LogP contribution < -0.4 is 5.32 Å². The second-order valence-corrected chi connectivity index (χ2v) is 7.80. The third-order valence-electron chi connectivity index (χ3n) is 6.06. The Hall–Kier alpha value is -0.160. The van der Waals surface area contributed by atoms with Crippen LogP contribution in [0, 0.1) is 5.92 Å². The van der Waals surface area contributed by atoms with Gasteiger partial charge in [-0.25, -0.2) is 0 Å². The first-order valence-corrected chi connectivity index (χ1v) is 9.99. The van der Waals surface area contributed by atoms with Gasteiger partial charge >= 0.3 is 0 Å². The number of piperidine rings is 1. The van der Waals surface area contributed by atoms with E-state index in [-0.39, 0.29) is 0 Å². The van der Waals surface area contributed by atoms with Crippen molar-refractivity contribution < 1.29 is 9.47 Å².